The molecule has 0 spiro atoms. The Morgan fingerprint density at radius 2 is 2.17 bits per heavy atom. The van der Waals surface area contributed by atoms with Crippen LogP contribution in [0.1, 0.15) is 43.3 Å². The average molecular weight is 351 g/mol. The quantitative estimate of drug-likeness (QED) is 0.653. The number of thioether (sulfide) groups is 1. The number of aromatic nitrogens is 6. The lowest BCUT2D eigenvalue weighted by molar-refractivity contribution is 0.623. The lowest BCUT2D eigenvalue weighted by Crippen LogP contribution is -2.15. The molecule has 0 fully saturated rings. The van der Waals surface area contributed by atoms with Gasteiger partial charge in [0.1, 0.15) is 5.01 Å². The lowest BCUT2D eigenvalue weighted by Gasteiger charge is -2.05. The van der Waals surface area contributed by atoms with Gasteiger partial charge >= 0.3 is 0 Å². The van der Waals surface area contributed by atoms with Crippen LogP contribution in [0.4, 0.5) is 5.95 Å². The first kappa shape index (κ1) is 15.9. The molecule has 3 aromatic rings. The molecule has 0 aromatic carbocycles. The summed E-state index contributed by atoms with van der Waals surface area (Å²) in [5, 5.41) is 12.4. The zero-order chi connectivity index (χ0) is 16.4. The van der Waals surface area contributed by atoms with Crippen LogP contribution in [0.15, 0.2) is 16.0 Å². The highest BCUT2D eigenvalue weighted by Gasteiger charge is 2.15. The molecule has 10 heteroatoms. The van der Waals surface area contributed by atoms with Crippen LogP contribution in [0.25, 0.3) is 4.96 Å². The molecule has 3 rings (SSSR count). The van der Waals surface area contributed by atoms with Crippen molar-refractivity contribution in [2.24, 2.45) is 0 Å². The van der Waals surface area contributed by atoms with E-state index in [1.54, 1.807) is 0 Å². The molecular formula is C13H17N7OS2. The van der Waals surface area contributed by atoms with E-state index in [4.69, 9.17) is 5.73 Å². The summed E-state index contributed by atoms with van der Waals surface area (Å²) >= 11 is 2.86. The largest absolute Gasteiger partial charge is 0.368 e. The molecule has 0 saturated heterocycles. The van der Waals surface area contributed by atoms with Crippen LogP contribution in [0.3, 0.4) is 0 Å². The second-order valence-electron chi connectivity index (χ2n) is 5.03. The summed E-state index contributed by atoms with van der Waals surface area (Å²) in [6.45, 7) is 4.25. The normalized spacial score (nSPS) is 11.6. The number of nitrogen functional groups attached to an aromatic ring is 1. The van der Waals surface area contributed by atoms with Crippen LogP contribution in [0.2, 0.25) is 0 Å². The Hall–Kier alpha value is -1.94. The Balaban J connectivity index is 1.86. The first-order chi connectivity index (χ1) is 11.1. The maximum atomic E-state index is 12.2. The summed E-state index contributed by atoms with van der Waals surface area (Å²) in [7, 11) is 0. The first-order valence-electron chi connectivity index (χ1n) is 7.31. The van der Waals surface area contributed by atoms with Crippen LogP contribution in [0.5, 0.6) is 0 Å². The van der Waals surface area contributed by atoms with Crippen LogP contribution in [0, 0.1) is 0 Å². The molecule has 3 heterocycles. The molecule has 23 heavy (non-hydrogen) atoms. The van der Waals surface area contributed by atoms with Gasteiger partial charge in [0.05, 0.1) is 5.69 Å². The minimum atomic E-state index is -0.159. The topological polar surface area (TPSA) is 115 Å². The van der Waals surface area contributed by atoms with Crippen LogP contribution < -0.4 is 11.3 Å². The third-order valence-corrected chi connectivity index (χ3v) is 5.43. The molecular weight excluding hydrogens is 334 g/mol. The number of hydrogen-bond acceptors (Lipinski definition) is 8. The van der Waals surface area contributed by atoms with Gasteiger partial charge in [-0.2, -0.15) is 14.6 Å². The molecule has 0 radical (unpaired) electrons. The number of nitrogens with two attached hydrogens (primary N) is 1. The van der Waals surface area contributed by atoms with Gasteiger partial charge in [-0.1, -0.05) is 36.9 Å². The van der Waals surface area contributed by atoms with E-state index in [0.717, 1.165) is 17.8 Å². The van der Waals surface area contributed by atoms with Gasteiger partial charge in [0, 0.05) is 17.7 Å². The fourth-order valence-electron chi connectivity index (χ4n) is 2.21. The molecule has 0 atom stereocenters. The summed E-state index contributed by atoms with van der Waals surface area (Å²) < 4.78 is 1.39. The highest BCUT2D eigenvalue weighted by Crippen LogP contribution is 2.27. The van der Waals surface area contributed by atoms with E-state index < -0.39 is 0 Å². The highest BCUT2D eigenvalue weighted by molar-refractivity contribution is 7.98. The number of hydrogen-bond donors (Lipinski definition) is 2. The number of fused-ring (bicyclic) bond motifs is 1. The molecule has 3 aromatic heterocycles. The predicted molar refractivity (Wildman–Crippen MR) is 90.8 cm³/mol. The number of H-pyrrole nitrogens is 1. The zero-order valence-electron chi connectivity index (χ0n) is 12.8. The molecule has 0 aliphatic heterocycles. The molecule has 0 aliphatic rings. The van der Waals surface area contributed by atoms with Crippen LogP contribution in [-0.2, 0) is 5.75 Å². The predicted octanol–water partition coefficient (Wildman–Crippen LogP) is 2.05. The number of anilines is 1. The van der Waals surface area contributed by atoms with Crippen molar-refractivity contribution in [2.45, 2.75) is 43.5 Å². The van der Waals surface area contributed by atoms with Gasteiger partial charge in [0.15, 0.2) is 0 Å². The van der Waals surface area contributed by atoms with Gasteiger partial charge in [-0.05, 0) is 12.8 Å². The Morgan fingerprint density at radius 1 is 1.39 bits per heavy atom. The van der Waals surface area contributed by atoms with Gasteiger partial charge in [0.2, 0.25) is 16.1 Å². The van der Waals surface area contributed by atoms with E-state index in [9.17, 15) is 4.79 Å². The Labute approximate surface area is 140 Å². The third kappa shape index (κ3) is 3.37. The van der Waals surface area contributed by atoms with Gasteiger partial charge in [-0.25, -0.2) is 10.1 Å². The molecule has 3 N–H and O–H groups in total. The van der Waals surface area contributed by atoms with Crippen molar-refractivity contribution in [1.29, 1.82) is 0 Å². The first-order valence-corrected chi connectivity index (χ1v) is 9.11. The minimum absolute atomic E-state index is 0.159. The number of nitrogens with one attached hydrogen (secondary N) is 1. The fraction of sp³-hybridized carbons (Fsp3) is 0.462. The minimum Gasteiger partial charge on any atom is -0.368 e. The Kier molecular flexibility index (Phi) is 4.62. The standard InChI is InChI=1S/C13H17N7OS2/c1-3-7(4-2)10-19-20-9(21)5-8(15-13(20)23-10)6-22-12-16-11(14)17-18-12/h5,7H,3-4,6H2,1-2H3,(H3,14,16,17,18). The van der Waals surface area contributed by atoms with E-state index in [1.165, 1.54) is 33.7 Å². The lowest BCUT2D eigenvalue weighted by atomic mass is 10.1. The van der Waals surface area contributed by atoms with Crippen molar-refractivity contribution >= 4 is 34.0 Å². The van der Waals surface area contributed by atoms with Crippen molar-refractivity contribution in [1.82, 2.24) is 29.8 Å². The van der Waals surface area contributed by atoms with Gasteiger partial charge in [0.25, 0.3) is 5.56 Å². The van der Waals surface area contributed by atoms with Gasteiger partial charge in [-0.3, -0.25) is 4.79 Å². The summed E-state index contributed by atoms with van der Waals surface area (Å²) in [6, 6.07) is 1.51. The van der Waals surface area contributed by atoms with Crippen molar-refractivity contribution in [2.75, 3.05) is 5.73 Å². The van der Waals surface area contributed by atoms with Crippen molar-refractivity contribution in [3.8, 4) is 0 Å². The van der Waals surface area contributed by atoms with Gasteiger partial charge in [-0.15, -0.1) is 5.10 Å². The van der Waals surface area contributed by atoms with E-state index in [1.807, 2.05) is 0 Å². The fourth-order valence-corrected chi connectivity index (χ4v) is 4.10. The van der Waals surface area contributed by atoms with Crippen LogP contribution >= 0.6 is 23.1 Å². The molecule has 0 amide bonds. The Bertz CT molecular complexity index is 865. The second-order valence-corrected chi connectivity index (χ2v) is 6.96. The van der Waals surface area contributed by atoms with Crippen LogP contribution in [-0.4, -0.2) is 29.8 Å². The van der Waals surface area contributed by atoms with Crippen molar-refractivity contribution in [3.05, 3.63) is 27.1 Å². The summed E-state index contributed by atoms with van der Waals surface area (Å²) in [6.07, 6.45) is 2.00. The molecule has 0 saturated carbocycles. The number of rotatable bonds is 6. The monoisotopic (exact) mass is 351 g/mol. The second kappa shape index (κ2) is 6.67. The molecule has 0 bridgehead atoms. The average Bonchev–Trinajstić information content (AvgIpc) is 3.13. The van der Waals surface area contributed by atoms with Crippen molar-refractivity contribution in [3.63, 3.8) is 0 Å². The zero-order valence-corrected chi connectivity index (χ0v) is 14.4. The Morgan fingerprint density at radius 3 is 2.83 bits per heavy atom. The maximum Gasteiger partial charge on any atom is 0.275 e. The van der Waals surface area contributed by atoms with Gasteiger partial charge < -0.3 is 5.73 Å². The summed E-state index contributed by atoms with van der Waals surface area (Å²) in [5.41, 5.74) is 6.01. The molecule has 122 valence electrons. The summed E-state index contributed by atoms with van der Waals surface area (Å²) in [4.78, 5) is 21.4. The number of nitrogens with zero attached hydrogens (tertiary/aromatic N) is 5. The maximum absolute atomic E-state index is 12.2. The summed E-state index contributed by atoms with van der Waals surface area (Å²) in [5.74, 6) is 1.14. The van der Waals surface area contributed by atoms with Crippen molar-refractivity contribution < 1.29 is 0 Å². The SMILES string of the molecule is CCC(CC)c1nn2c(=O)cc(CSc3n[nH]c(N)n3)nc2s1. The highest BCUT2D eigenvalue weighted by atomic mass is 32.2. The third-order valence-electron chi connectivity index (χ3n) is 3.48. The van der Waals surface area contributed by atoms with E-state index in [0.29, 0.717) is 27.5 Å². The molecule has 8 nitrogen and oxygen atoms in total. The molecule has 0 aliphatic carbocycles. The van der Waals surface area contributed by atoms with E-state index >= 15 is 0 Å². The number of aromatic amines is 1. The van der Waals surface area contributed by atoms with E-state index in [-0.39, 0.29) is 11.5 Å². The van der Waals surface area contributed by atoms with E-state index in [2.05, 4.69) is 39.1 Å². The molecule has 0 unspecified atom stereocenters. The smallest absolute Gasteiger partial charge is 0.275 e.